The van der Waals surface area contributed by atoms with Crippen molar-refractivity contribution in [2.24, 2.45) is 0 Å². The largest absolute Gasteiger partial charge is 0.494 e. The van der Waals surface area contributed by atoms with E-state index in [-0.39, 0.29) is 11.6 Å². The molecule has 3 N–H and O–H groups in total. The van der Waals surface area contributed by atoms with E-state index in [1.54, 1.807) is 0 Å². The first-order chi connectivity index (χ1) is 15.0. The van der Waals surface area contributed by atoms with Gasteiger partial charge >= 0.3 is 0 Å². The molecule has 4 atom stereocenters. The third kappa shape index (κ3) is 3.24. The van der Waals surface area contributed by atoms with Crippen molar-refractivity contribution < 1.29 is 24.1 Å². The Kier molecular flexibility index (Phi) is 5.04. The Morgan fingerprint density at radius 1 is 1.19 bits per heavy atom. The zero-order chi connectivity index (χ0) is 21.7. The first kappa shape index (κ1) is 20.2. The number of rotatable bonds is 4. The lowest BCUT2D eigenvalue weighted by atomic mass is 9.98. The Bertz CT molecular complexity index is 1130. The Morgan fingerprint density at radius 2 is 2.03 bits per heavy atom. The molecule has 31 heavy (non-hydrogen) atoms. The van der Waals surface area contributed by atoms with E-state index in [2.05, 4.69) is 15.3 Å². The Labute approximate surface area is 178 Å². The van der Waals surface area contributed by atoms with Gasteiger partial charge in [-0.25, -0.2) is 14.4 Å². The molecule has 8 nitrogen and oxygen atoms in total. The lowest BCUT2D eigenvalue weighted by molar-refractivity contribution is -0.0167. The van der Waals surface area contributed by atoms with E-state index < -0.39 is 24.4 Å². The normalized spacial score (nSPS) is 25.6. The second kappa shape index (κ2) is 7.74. The van der Waals surface area contributed by atoms with Crippen molar-refractivity contribution in [1.29, 1.82) is 0 Å². The van der Waals surface area contributed by atoms with Crippen LogP contribution in [0.3, 0.4) is 0 Å². The maximum absolute atomic E-state index is 14.7. The van der Waals surface area contributed by atoms with Crippen LogP contribution in [0.2, 0.25) is 0 Å². The number of nitrogens with one attached hydrogen (secondary N) is 1. The third-order valence-electron chi connectivity index (χ3n) is 6.42. The van der Waals surface area contributed by atoms with E-state index in [0.717, 1.165) is 16.6 Å². The second-order valence-corrected chi connectivity index (χ2v) is 8.13. The molecule has 3 heterocycles. The highest BCUT2D eigenvalue weighted by Gasteiger charge is 2.45. The van der Waals surface area contributed by atoms with Gasteiger partial charge in [0.15, 0.2) is 11.6 Å². The van der Waals surface area contributed by atoms with Crippen LogP contribution in [-0.2, 0) is 13.0 Å². The van der Waals surface area contributed by atoms with E-state index in [4.69, 9.17) is 9.47 Å². The predicted molar refractivity (Wildman–Crippen MR) is 111 cm³/mol. The molecule has 1 fully saturated rings. The molecule has 1 aromatic carbocycles. The summed E-state index contributed by atoms with van der Waals surface area (Å²) in [5.41, 5.74) is 2.85. The fourth-order valence-electron chi connectivity index (χ4n) is 4.72. The number of benzene rings is 1. The average molecular weight is 428 g/mol. The van der Waals surface area contributed by atoms with Crippen LogP contribution in [-0.4, -0.2) is 56.7 Å². The van der Waals surface area contributed by atoms with Crippen molar-refractivity contribution in [3.8, 4) is 11.5 Å². The van der Waals surface area contributed by atoms with Crippen molar-refractivity contribution >= 4 is 11.0 Å². The van der Waals surface area contributed by atoms with E-state index >= 15 is 0 Å². The summed E-state index contributed by atoms with van der Waals surface area (Å²) in [5.74, 6) is 0.210. The number of hydrogen-bond acceptors (Lipinski definition) is 7. The van der Waals surface area contributed by atoms with Crippen LogP contribution in [0.1, 0.15) is 29.3 Å². The first-order valence-corrected chi connectivity index (χ1v) is 10.4. The molecule has 164 valence electrons. The van der Waals surface area contributed by atoms with Crippen LogP contribution in [0.15, 0.2) is 24.7 Å². The summed E-state index contributed by atoms with van der Waals surface area (Å²) in [7, 11) is 1.42. The van der Waals surface area contributed by atoms with Gasteiger partial charge in [-0.2, -0.15) is 0 Å². The van der Waals surface area contributed by atoms with Crippen LogP contribution in [0.5, 0.6) is 11.5 Å². The monoisotopic (exact) mass is 428 g/mol. The number of aryl methyl sites for hydroxylation is 1. The molecule has 1 saturated carbocycles. The van der Waals surface area contributed by atoms with E-state index in [9.17, 15) is 14.6 Å². The molecule has 1 aliphatic carbocycles. The fourth-order valence-corrected chi connectivity index (χ4v) is 4.72. The molecule has 9 heteroatoms. The van der Waals surface area contributed by atoms with Crippen LogP contribution >= 0.6 is 0 Å². The van der Waals surface area contributed by atoms with Crippen molar-refractivity contribution in [2.45, 2.75) is 50.7 Å². The standard InChI is InChI=1S/C22H25FN4O4/c1-11-12-4-6-27(22(12)26-10-25-11)15-7-18(21(29)20(15)28)31-16-8-17(30-2)19(23)13-3-5-24-9-14(13)16/h4,6,8,10,15,18,20-21,24,28-29H,3,5,7,9H2,1-2H3. The number of hydrogen-bond donors (Lipinski definition) is 3. The van der Waals surface area contributed by atoms with Gasteiger partial charge in [0.25, 0.3) is 0 Å². The molecular formula is C22H25FN4O4. The zero-order valence-electron chi connectivity index (χ0n) is 17.4. The summed E-state index contributed by atoms with van der Waals surface area (Å²) in [6, 6.07) is 3.02. The predicted octanol–water partition coefficient (Wildman–Crippen LogP) is 1.65. The maximum Gasteiger partial charge on any atom is 0.168 e. The van der Waals surface area contributed by atoms with Crippen LogP contribution < -0.4 is 14.8 Å². The summed E-state index contributed by atoms with van der Waals surface area (Å²) >= 11 is 0. The maximum atomic E-state index is 14.7. The molecule has 0 spiro atoms. The first-order valence-electron chi connectivity index (χ1n) is 10.4. The molecule has 5 rings (SSSR count). The SMILES string of the molecule is COc1cc(OC2CC(n3ccc4c(C)ncnc43)C(O)C2O)c2c(c1F)CCNC2. The van der Waals surface area contributed by atoms with E-state index in [1.165, 1.54) is 19.5 Å². The van der Waals surface area contributed by atoms with Gasteiger partial charge in [-0.1, -0.05) is 0 Å². The minimum atomic E-state index is -1.10. The van der Waals surface area contributed by atoms with Crippen molar-refractivity contribution in [1.82, 2.24) is 19.9 Å². The Morgan fingerprint density at radius 3 is 2.84 bits per heavy atom. The van der Waals surface area contributed by atoms with Crippen LogP contribution in [0.25, 0.3) is 11.0 Å². The van der Waals surface area contributed by atoms with Crippen LogP contribution in [0, 0.1) is 12.7 Å². The van der Waals surface area contributed by atoms with Gasteiger partial charge in [0, 0.05) is 41.7 Å². The van der Waals surface area contributed by atoms with Crippen LogP contribution in [0.4, 0.5) is 4.39 Å². The minimum absolute atomic E-state index is 0.115. The van der Waals surface area contributed by atoms with E-state index in [1.807, 2.05) is 23.8 Å². The van der Waals surface area contributed by atoms with Crippen molar-refractivity contribution in [3.05, 3.63) is 47.3 Å². The van der Waals surface area contributed by atoms with Gasteiger partial charge in [0.05, 0.1) is 18.8 Å². The van der Waals surface area contributed by atoms with Crippen molar-refractivity contribution in [3.63, 3.8) is 0 Å². The molecule has 4 unspecified atom stereocenters. The lowest BCUT2D eigenvalue weighted by Crippen LogP contribution is -2.35. The highest BCUT2D eigenvalue weighted by molar-refractivity contribution is 5.78. The molecule has 0 amide bonds. The summed E-state index contributed by atoms with van der Waals surface area (Å²) in [5, 5.41) is 25.7. The summed E-state index contributed by atoms with van der Waals surface area (Å²) in [6.07, 6.45) is 1.44. The smallest absolute Gasteiger partial charge is 0.168 e. The van der Waals surface area contributed by atoms with Crippen molar-refractivity contribution in [2.75, 3.05) is 13.7 Å². The zero-order valence-corrected chi connectivity index (χ0v) is 17.4. The molecule has 2 aliphatic rings. The third-order valence-corrected chi connectivity index (χ3v) is 6.42. The molecule has 0 radical (unpaired) electrons. The van der Waals surface area contributed by atoms with Gasteiger partial charge in [-0.15, -0.1) is 0 Å². The van der Waals surface area contributed by atoms with Gasteiger partial charge in [-0.05, 0) is 26.0 Å². The van der Waals surface area contributed by atoms with Gasteiger partial charge < -0.3 is 29.6 Å². The summed E-state index contributed by atoms with van der Waals surface area (Å²) < 4.78 is 27.9. The number of aliphatic hydroxyl groups is 2. The Balaban J connectivity index is 1.47. The second-order valence-electron chi connectivity index (χ2n) is 8.13. The highest BCUT2D eigenvalue weighted by atomic mass is 19.1. The number of aromatic nitrogens is 3. The molecule has 1 aliphatic heterocycles. The highest BCUT2D eigenvalue weighted by Crippen LogP contribution is 2.39. The fraction of sp³-hybridized carbons (Fsp3) is 0.455. The van der Waals surface area contributed by atoms with Gasteiger partial charge in [0.2, 0.25) is 0 Å². The van der Waals surface area contributed by atoms with Gasteiger partial charge in [-0.3, -0.25) is 0 Å². The number of ether oxygens (including phenoxy) is 2. The minimum Gasteiger partial charge on any atom is -0.494 e. The quantitative estimate of drug-likeness (QED) is 0.581. The van der Waals surface area contributed by atoms with E-state index in [0.29, 0.717) is 42.9 Å². The molecule has 2 aromatic heterocycles. The summed E-state index contributed by atoms with van der Waals surface area (Å²) in [6.45, 7) is 3.05. The number of aliphatic hydroxyl groups excluding tert-OH is 2. The number of fused-ring (bicyclic) bond motifs is 2. The number of halogens is 1. The Hall–Kier alpha value is -2.75. The number of methoxy groups -OCH3 is 1. The number of nitrogens with zero attached hydrogens (tertiary/aromatic N) is 3. The molecular weight excluding hydrogens is 403 g/mol. The topological polar surface area (TPSA) is 102 Å². The molecule has 0 saturated heterocycles. The average Bonchev–Trinajstić information content (AvgIpc) is 3.33. The molecule has 0 bridgehead atoms. The summed E-state index contributed by atoms with van der Waals surface area (Å²) in [4.78, 5) is 8.56. The lowest BCUT2D eigenvalue weighted by Gasteiger charge is -2.25. The molecule has 3 aromatic rings. The van der Waals surface area contributed by atoms with Gasteiger partial charge in [0.1, 0.15) is 36.0 Å².